The highest BCUT2D eigenvalue weighted by molar-refractivity contribution is 5.97. The maximum Gasteiger partial charge on any atom is 0.251 e. The number of hydrogen-bond acceptors (Lipinski definition) is 3. The van der Waals surface area contributed by atoms with Gasteiger partial charge in [-0.05, 0) is 43.7 Å². The standard InChI is InChI=1S/C22H33N3O3/c1-5-19(26)25-11-9-17(10-12-25)20(22(28)23-14-15(2)3)24-21(27)18-8-6-7-16(4)13-18/h6-8,13,15,17,20H,5,9-12,14H2,1-4H3,(H,23,28)(H,24,27). The lowest BCUT2D eigenvalue weighted by atomic mass is 9.88. The van der Waals surface area contributed by atoms with Crippen LogP contribution in [-0.4, -0.2) is 48.3 Å². The summed E-state index contributed by atoms with van der Waals surface area (Å²) in [5.41, 5.74) is 1.56. The zero-order chi connectivity index (χ0) is 20.7. The predicted molar refractivity (Wildman–Crippen MR) is 110 cm³/mol. The van der Waals surface area contributed by atoms with Crippen molar-refractivity contribution >= 4 is 17.7 Å². The third kappa shape index (κ3) is 6.08. The first-order chi connectivity index (χ1) is 13.3. The lowest BCUT2D eigenvalue weighted by Crippen LogP contribution is -2.54. The molecule has 1 heterocycles. The normalized spacial score (nSPS) is 16.0. The topological polar surface area (TPSA) is 78.5 Å². The fraction of sp³-hybridized carbons (Fsp3) is 0.591. The molecule has 0 radical (unpaired) electrons. The lowest BCUT2D eigenvalue weighted by Gasteiger charge is -2.35. The van der Waals surface area contributed by atoms with E-state index in [-0.39, 0.29) is 23.6 Å². The van der Waals surface area contributed by atoms with Crippen LogP contribution in [0, 0.1) is 18.8 Å². The highest BCUT2D eigenvalue weighted by Crippen LogP contribution is 2.22. The fourth-order valence-corrected chi connectivity index (χ4v) is 3.53. The molecule has 6 nitrogen and oxygen atoms in total. The lowest BCUT2D eigenvalue weighted by molar-refractivity contribution is -0.132. The molecule has 1 aromatic rings. The van der Waals surface area contributed by atoms with E-state index in [0.29, 0.717) is 50.4 Å². The van der Waals surface area contributed by atoms with Crippen molar-refractivity contribution < 1.29 is 14.4 Å². The summed E-state index contributed by atoms with van der Waals surface area (Å²) < 4.78 is 0. The Morgan fingerprint density at radius 1 is 1.18 bits per heavy atom. The number of nitrogens with zero attached hydrogens (tertiary/aromatic N) is 1. The maximum atomic E-state index is 12.8. The molecule has 2 N–H and O–H groups in total. The summed E-state index contributed by atoms with van der Waals surface area (Å²) in [5.74, 6) is 0.112. The van der Waals surface area contributed by atoms with E-state index in [2.05, 4.69) is 10.6 Å². The first-order valence-electron chi connectivity index (χ1n) is 10.2. The number of likely N-dealkylation sites (tertiary alicyclic amines) is 1. The van der Waals surface area contributed by atoms with E-state index in [1.54, 1.807) is 6.07 Å². The summed E-state index contributed by atoms with van der Waals surface area (Å²) in [6, 6.07) is 6.76. The van der Waals surface area contributed by atoms with E-state index in [0.717, 1.165) is 5.56 Å². The molecule has 154 valence electrons. The molecule has 1 aromatic carbocycles. The van der Waals surface area contributed by atoms with Crippen molar-refractivity contribution in [3.8, 4) is 0 Å². The van der Waals surface area contributed by atoms with Crippen LogP contribution in [0.2, 0.25) is 0 Å². The largest absolute Gasteiger partial charge is 0.354 e. The van der Waals surface area contributed by atoms with Gasteiger partial charge < -0.3 is 15.5 Å². The summed E-state index contributed by atoms with van der Waals surface area (Å²) >= 11 is 0. The molecular weight excluding hydrogens is 354 g/mol. The van der Waals surface area contributed by atoms with Crippen LogP contribution >= 0.6 is 0 Å². The van der Waals surface area contributed by atoms with E-state index in [1.807, 2.05) is 50.8 Å². The Labute approximate surface area is 168 Å². The van der Waals surface area contributed by atoms with Crippen molar-refractivity contribution in [2.24, 2.45) is 11.8 Å². The average molecular weight is 388 g/mol. The second-order valence-corrected chi connectivity index (χ2v) is 8.03. The second kappa shape index (κ2) is 10.2. The van der Waals surface area contributed by atoms with E-state index in [9.17, 15) is 14.4 Å². The molecule has 28 heavy (non-hydrogen) atoms. The van der Waals surface area contributed by atoms with Crippen LogP contribution in [-0.2, 0) is 9.59 Å². The van der Waals surface area contributed by atoms with E-state index in [1.165, 1.54) is 0 Å². The third-order valence-corrected chi connectivity index (χ3v) is 5.20. The van der Waals surface area contributed by atoms with Gasteiger partial charge >= 0.3 is 0 Å². The molecule has 6 heteroatoms. The van der Waals surface area contributed by atoms with Gasteiger partial charge in [-0.1, -0.05) is 38.5 Å². The van der Waals surface area contributed by atoms with Crippen LogP contribution in [0.4, 0.5) is 0 Å². The minimum Gasteiger partial charge on any atom is -0.354 e. The Balaban J connectivity index is 2.10. The third-order valence-electron chi connectivity index (χ3n) is 5.20. The number of nitrogens with one attached hydrogen (secondary N) is 2. The van der Waals surface area contributed by atoms with Gasteiger partial charge in [0, 0.05) is 31.6 Å². The van der Waals surface area contributed by atoms with Crippen molar-refractivity contribution in [3.63, 3.8) is 0 Å². The summed E-state index contributed by atoms with van der Waals surface area (Å²) in [6.07, 6.45) is 1.91. The first-order valence-corrected chi connectivity index (χ1v) is 10.2. The van der Waals surface area contributed by atoms with Gasteiger partial charge in [0.1, 0.15) is 6.04 Å². The molecule has 2 rings (SSSR count). The van der Waals surface area contributed by atoms with Crippen LogP contribution in [0.1, 0.15) is 56.0 Å². The van der Waals surface area contributed by atoms with Gasteiger partial charge in [-0.2, -0.15) is 0 Å². The molecular formula is C22H33N3O3. The molecule has 1 fully saturated rings. The van der Waals surface area contributed by atoms with E-state index in [4.69, 9.17) is 0 Å². The Bertz CT molecular complexity index is 694. The Morgan fingerprint density at radius 2 is 1.86 bits per heavy atom. The van der Waals surface area contributed by atoms with E-state index < -0.39 is 6.04 Å². The smallest absolute Gasteiger partial charge is 0.251 e. The molecule has 0 aliphatic carbocycles. The Hall–Kier alpha value is -2.37. The molecule has 1 unspecified atom stereocenters. The fourth-order valence-electron chi connectivity index (χ4n) is 3.53. The molecule has 0 saturated carbocycles. The number of piperidine rings is 1. The monoisotopic (exact) mass is 387 g/mol. The Kier molecular flexibility index (Phi) is 8.03. The molecule has 0 aromatic heterocycles. The molecule has 0 spiro atoms. The number of carbonyl (C=O) groups is 3. The predicted octanol–water partition coefficient (Wildman–Crippen LogP) is 2.51. The SMILES string of the molecule is CCC(=O)N1CCC(C(NC(=O)c2cccc(C)c2)C(=O)NCC(C)C)CC1. The molecule has 1 aliphatic heterocycles. The van der Waals surface area contributed by atoms with Gasteiger partial charge in [0.25, 0.3) is 5.91 Å². The van der Waals surface area contributed by atoms with Crippen molar-refractivity contribution in [1.82, 2.24) is 15.5 Å². The molecule has 3 amide bonds. The highest BCUT2D eigenvalue weighted by atomic mass is 16.2. The van der Waals surface area contributed by atoms with Crippen LogP contribution in [0.15, 0.2) is 24.3 Å². The van der Waals surface area contributed by atoms with Crippen LogP contribution in [0.5, 0.6) is 0 Å². The molecule has 1 atom stereocenters. The van der Waals surface area contributed by atoms with Crippen molar-refractivity contribution in [1.29, 1.82) is 0 Å². The molecule has 1 aliphatic rings. The summed E-state index contributed by atoms with van der Waals surface area (Å²) in [6.45, 7) is 9.70. The van der Waals surface area contributed by atoms with Gasteiger partial charge in [-0.25, -0.2) is 0 Å². The minimum atomic E-state index is -0.592. The summed E-state index contributed by atoms with van der Waals surface area (Å²) in [4.78, 5) is 39.4. The van der Waals surface area contributed by atoms with Crippen LogP contribution < -0.4 is 10.6 Å². The van der Waals surface area contributed by atoms with Gasteiger partial charge in [-0.15, -0.1) is 0 Å². The quantitative estimate of drug-likeness (QED) is 0.755. The number of amides is 3. The van der Waals surface area contributed by atoms with Gasteiger partial charge in [0.2, 0.25) is 11.8 Å². The number of rotatable bonds is 7. The number of hydrogen-bond donors (Lipinski definition) is 2. The number of carbonyl (C=O) groups excluding carboxylic acids is 3. The summed E-state index contributed by atoms with van der Waals surface area (Å²) in [7, 11) is 0. The Morgan fingerprint density at radius 3 is 2.43 bits per heavy atom. The molecule has 1 saturated heterocycles. The average Bonchev–Trinajstić information content (AvgIpc) is 2.69. The van der Waals surface area contributed by atoms with Crippen molar-refractivity contribution in [2.75, 3.05) is 19.6 Å². The summed E-state index contributed by atoms with van der Waals surface area (Å²) in [5, 5.41) is 5.92. The highest BCUT2D eigenvalue weighted by Gasteiger charge is 2.33. The zero-order valence-electron chi connectivity index (χ0n) is 17.5. The zero-order valence-corrected chi connectivity index (χ0v) is 17.5. The van der Waals surface area contributed by atoms with Crippen LogP contribution in [0.25, 0.3) is 0 Å². The van der Waals surface area contributed by atoms with Crippen molar-refractivity contribution in [3.05, 3.63) is 35.4 Å². The molecule has 0 bridgehead atoms. The van der Waals surface area contributed by atoms with Crippen LogP contribution in [0.3, 0.4) is 0 Å². The first kappa shape index (κ1) is 21.9. The van der Waals surface area contributed by atoms with Gasteiger partial charge in [0.15, 0.2) is 0 Å². The number of benzene rings is 1. The van der Waals surface area contributed by atoms with Gasteiger partial charge in [0.05, 0.1) is 0 Å². The maximum absolute atomic E-state index is 12.8. The second-order valence-electron chi connectivity index (χ2n) is 8.03. The minimum absolute atomic E-state index is 0.0156. The van der Waals surface area contributed by atoms with Crippen molar-refractivity contribution in [2.45, 2.75) is 53.0 Å². The van der Waals surface area contributed by atoms with Gasteiger partial charge in [-0.3, -0.25) is 14.4 Å². The number of aryl methyl sites for hydroxylation is 1. The van der Waals surface area contributed by atoms with E-state index >= 15 is 0 Å².